The van der Waals surface area contributed by atoms with Gasteiger partial charge in [-0.1, -0.05) is 52.0 Å². The number of rotatable bonds is 6. The third-order valence-corrected chi connectivity index (χ3v) is 6.47. The highest BCUT2D eigenvalue weighted by atomic mass is 32.2. The van der Waals surface area contributed by atoms with Crippen molar-refractivity contribution >= 4 is 9.84 Å². The second-order valence-electron chi connectivity index (χ2n) is 6.76. The molecule has 0 spiro atoms. The van der Waals surface area contributed by atoms with E-state index in [1.807, 2.05) is 26.1 Å². The normalized spacial score (nSPS) is 15.7. The lowest BCUT2D eigenvalue weighted by Crippen LogP contribution is -2.30. The summed E-state index contributed by atoms with van der Waals surface area (Å²) < 4.78 is 24.6. The van der Waals surface area contributed by atoms with E-state index >= 15 is 0 Å². The summed E-state index contributed by atoms with van der Waals surface area (Å²) in [5.41, 5.74) is 2.39. The maximum absolute atomic E-state index is 12.3. The quantitative estimate of drug-likeness (QED) is 0.875. The Kier molecular flexibility index (Phi) is 6.00. The Hall–Kier alpha value is -0.870. The topological polar surface area (TPSA) is 46.2 Å². The fourth-order valence-electron chi connectivity index (χ4n) is 2.21. The van der Waals surface area contributed by atoms with Gasteiger partial charge >= 0.3 is 0 Å². The average molecular weight is 311 g/mol. The van der Waals surface area contributed by atoms with Crippen LogP contribution in [0.5, 0.6) is 0 Å². The van der Waals surface area contributed by atoms with Gasteiger partial charge < -0.3 is 5.32 Å². The molecule has 1 aromatic rings. The van der Waals surface area contributed by atoms with E-state index in [0.29, 0.717) is 6.42 Å². The molecule has 0 aliphatic carbocycles. The first-order valence-corrected chi connectivity index (χ1v) is 9.32. The minimum Gasteiger partial charge on any atom is -0.312 e. The molecule has 21 heavy (non-hydrogen) atoms. The van der Waals surface area contributed by atoms with Crippen LogP contribution < -0.4 is 5.32 Å². The number of sulfone groups is 1. The molecule has 2 unspecified atom stereocenters. The van der Waals surface area contributed by atoms with E-state index in [4.69, 9.17) is 0 Å². The third-order valence-electron chi connectivity index (χ3n) is 4.11. The fourth-order valence-corrected chi connectivity index (χ4v) is 3.87. The highest BCUT2D eigenvalue weighted by Crippen LogP contribution is 2.25. The van der Waals surface area contributed by atoms with Gasteiger partial charge in [0.1, 0.15) is 0 Å². The van der Waals surface area contributed by atoms with Gasteiger partial charge in [0, 0.05) is 6.04 Å². The summed E-state index contributed by atoms with van der Waals surface area (Å²) in [4.78, 5) is 0. The molecule has 1 aromatic carbocycles. The van der Waals surface area contributed by atoms with Gasteiger partial charge in [-0.25, -0.2) is 8.42 Å². The van der Waals surface area contributed by atoms with E-state index in [2.05, 4.69) is 38.2 Å². The predicted molar refractivity (Wildman–Crippen MR) is 90.5 cm³/mol. The molecule has 0 heterocycles. The molecule has 0 radical (unpaired) electrons. The van der Waals surface area contributed by atoms with E-state index in [0.717, 1.165) is 5.56 Å². The summed E-state index contributed by atoms with van der Waals surface area (Å²) in [7, 11) is -1.26. The summed E-state index contributed by atoms with van der Waals surface area (Å²) in [6.45, 7) is 10.2. The Bertz CT molecular complexity index is 541. The highest BCUT2D eigenvalue weighted by Gasteiger charge is 2.24. The van der Waals surface area contributed by atoms with Crippen molar-refractivity contribution in [2.75, 3.05) is 12.8 Å². The molecule has 2 atom stereocenters. The third kappa shape index (κ3) is 4.82. The van der Waals surface area contributed by atoms with Gasteiger partial charge in [-0.2, -0.15) is 0 Å². The molecule has 0 bridgehead atoms. The molecule has 120 valence electrons. The molecule has 0 saturated carbocycles. The second-order valence-corrected chi connectivity index (χ2v) is 9.23. The van der Waals surface area contributed by atoms with E-state index < -0.39 is 9.84 Å². The molecule has 1 rings (SSSR count). The zero-order valence-electron chi connectivity index (χ0n) is 14.1. The maximum atomic E-state index is 12.3. The minimum absolute atomic E-state index is 0.108. The van der Waals surface area contributed by atoms with Crippen molar-refractivity contribution in [3.8, 4) is 0 Å². The van der Waals surface area contributed by atoms with E-state index in [1.165, 1.54) is 5.56 Å². The Morgan fingerprint density at radius 1 is 1.14 bits per heavy atom. The van der Waals surface area contributed by atoms with Gasteiger partial charge in [0.15, 0.2) is 9.84 Å². The van der Waals surface area contributed by atoms with E-state index in [1.54, 1.807) is 6.92 Å². The summed E-state index contributed by atoms with van der Waals surface area (Å²) >= 11 is 0. The molecule has 0 aliphatic heterocycles. The molecule has 0 aromatic heterocycles. The number of benzene rings is 1. The molecule has 1 N–H and O–H groups in total. The Labute approximate surface area is 130 Å². The second kappa shape index (κ2) is 6.93. The summed E-state index contributed by atoms with van der Waals surface area (Å²) in [5, 5.41) is 2.84. The monoisotopic (exact) mass is 311 g/mol. The lowest BCUT2D eigenvalue weighted by molar-refractivity contribution is 0.560. The molecular weight excluding hydrogens is 282 g/mol. The molecule has 4 heteroatoms. The molecule has 0 saturated heterocycles. The Balaban J connectivity index is 2.96. The molecule has 0 aliphatic rings. The van der Waals surface area contributed by atoms with Crippen LogP contribution in [0, 0.1) is 0 Å². The predicted octanol–water partition coefficient (Wildman–Crippen LogP) is 3.46. The van der Waals surface area contributed by atoms with Crippen LogP contribution in [-0.2, 0) is 15.3 Å². The van der Waals surface area contributed by atoms with Gasteiger partial charge in [-0.15, -0.1) is 0 Å². The average Bonchev–Trinajstić information content (AvgIpc) is 2.43. The van der Waals surface area contributed by atoms with Crippen molar-refractivity contribution < 1.29 is 8.42 Å². The first-order valence-electron chi connectivity index (χ1n) is 7.61. The zero-order valence-corrected chi connectivity index (χ0v) is 14.9. The van der Waals surface area contributed by atoms with Crippen LogP contribution in [0.25, 0.3) is 0 Å². The zero-order chi connectivity index (χ0) is 16.3. The van der Waals surface area contributed by atoms with Crippen molar-refractivity contribution in [3.63, 3.8) is 0 Å². The van der Waals surface area contributed by atoms with Crippen LogP contribution >= 0.6 is 0 Å². The summed E-state index contributed by atoms with van der Waals surface area (Å²) in [6.07, 6.45) is 0.654. The fraction of sp³-hybridized carbons (Fsp3) is 0.647. The first-order chi connectivity index (χ1) is 9.61. The van der Waals surface area contributed by atoms with E-state index in [9.17, 15) is 8.42 Å². The van der Waals surface area contributed by atoms with Crippen LogP contribution in [0.4, 0.5) is 0 Å². The first kappa shape index (κ1) is 18.2. The SMILES string of the molecule is CCC(C)S(=O)(=O)CC(NC)c1ccc(C(C)(C)C)cc1. The largest absolute Gasteiger partial charge is 0.312 e. The van der Waals surface area contributed by atoms with Crippen LogP contribution in [-0.4, -0.2) is 26.5 Å². The molecule has 3 nitrogen and oxygen atoms in total. The summed E-state index contributed by atoms with van der Waals surface area (Å²) in [6, 6.07) is 8.10. The number of hydrogen-bond donors (Lipinski definition) is 1. The van der Waals surface area contributed by atoms with Crippen molar-refractivity contribution in [2.45, 2.75) is 57.7 Å². The maximum Gasteiger partial charge on any atom is 0.154 e. The lowest BCUT2D eigenvalue weighted by atomic mass is 9.86. The van der Waals surface area contributed by atoms with Gasteiger partial charge in [0.2, 0.25) is 0 Å². The van der Waals surface area contributed by atoms with Crippen LogP contribution in [0.2, 0.25) is 0 Å². The van der Waals surface area contributed by atoms with Gasteiger partial charge in [-0.05, 0) is 36.9 Å². The van der Waals surface area contributed by atoms with E-state index in [-0.39, 0.29) is 22.5 Å². The van der Waals surface area contributed by atoms with Gasteiger partial charge in [-0.3, -0.25) is 0 Å². The van der Waals surface area contributed by atoms with Crippen LogP contribution in [0.15, 0.2) is 24.3 Å². The molecule has 0 amide bonds. The number of hydrogen-bond acceptors (Lipinski definition) is 3. The van der Waals surface area contributed by atoms with Gasteiger partial charge in [0.05, 0.1) is 11.0 Å². The Morgan fingerprint density at radius 2 is 1.67 bits per heavy atom. The van der Waals surface area contributed by atoms with Gasteiger partial charge in [0.25, 0.3) is 0 Å². The molecule has 0 fully saturated rings. The van der Waals surface area contributed by atoms with Crippen molar-refractivity contribution in [1.82, 2.24) is 5.32 Å². The lowest BCUT2D eigenvalue weighted by Gasteiger charge is -2.22. The summed E-state index contributed by atoms with van der Waals surface area (Å²) in [5.74, 6) is 0.146. The van der Waals surface area contributed by atoms with Crippen molar-refractivity contribution in [2.24, 2.45) is 0 Å². The highest BCUT2D eigenvalue weighted by molar-refractivity contribution is 7.92. The van der Waals surface area contributed by atoms with Crippen molar-refractivity contribution in [1.29, 1.82) is 0 Å². The Morgan fingerprint density at radius 3 is 2.05 bits per heavy atom. The minimum atomic E-state index is -3.07. The van der Waals surface area contributed by atoms with Crippen LogP contribution in [0.3, 0.4) is 0 Å². The molecular formula is C17H29NO2S. The number of nitrogens with one attached hydrogen (secondary N) is 1. The van der Waals surface area contributed by atoms with Crippen LogP contribution in [0.1, 0.15) is 58.2 Å². The standard InChI is InChI=1S/C17H29NO2S/c1-7-13(2)21(19,20)12-16(18-6)14-8-10-15(11-9-14)17(3,4)5/h8-11,13,16,18H,7,12H2,1-6H3. The van der Waals surface area contributed by atoms with Crippen molar-refractivity contribution in [3.05, 3.63) is 35.4 Å². The smallest absolute Gasteiger partial charge is 0.154 e.